The van der Waals surface area contributed by atoms with Crippen LogP contribution in [-0.2, 0) is 0 Å². The summed E-state index contributed by atoms with van der Waals surface area (Å²) < 4.78 is 0. The molecule has 1 aromatic carbocycles. The molecule has 2 amide bonds. The number of rotatable bonds is 8. The molecule has 21 heavy (non-hydrogen) atoms. The summed E-state index contributed by atoms with van der Waals surface area (Å²) in [5.41, 5.74) is 1.81. The van der Waals surface area contributed by atoms with Crippen LogP contribution in [0.2, 0.25) is 0 Å². The summed E-state index contributed by atoms with van der Waals surface area (Å²) in [5, 5.41) is 5.68. The van der Waals surface area contributed by atoms with Gasteiger partial charge in [0, 0.05) is 42.3 Å². The van der Waals surface area contributed by atoms with E-state index in [0.29, 0.717) is 11.8 Å². The standard InChI is InChI=1S/C15H23Cl2N3O/c1-3-12(2)18-15(21)19-13-4-6-14(7-5-13)20(10-8-16)11-9-17/h4-7,12H,3,8-11H2,1-2H3,(H2,18,19,21). The van der Waals surface area contributed by atoms with E-state index in [1.807, 2.05) is 38.1 Å². The quantitative estimate of drug-likeness (QED) is 0.710. The Morgan fingerprint density at radius 3 is 2.24 bits per heavy atom. The van der Waals surface area contributed by atoms with Crippen molar-refractivity contribution in [1.29, 1.82) is 0 Å². The molecule has 1 aromatic rings. The molecule has 2 N–H and O–H groups in total. The van der Waals surface area contributed by atoms with Crippen LogP contribution in [-0.4, -0.2) is 36.9 Å². The van der Waals surface area contributed by atoms with E-state index in [4.69, 9.17) is 23.2 Å². The Morgan fingerprint density at radius 2 is 1.76 bits per heavy atom. The molecule has 0 fully saturated rings. The smallest absolute Gasteiger partial charge is 0.319 e. The largest absolute Gasteiger partial charge is 0.369 e. The zero-order valence-electron chi connectivity index (χ0n) is 12.5. The molecule has 1 rings (SSSR count). The molecule has 1 unspecified atom stereocenters. The maximum Gasteiger partial charge on any atom is 0.319 e. The maximum absolute atomic E-state index is 11.7. The van der Waals surface area contributed by atoms with E-state index in [1.165, 1.54) is 0 Å². The number of nitrogens with one attached hydrogen (secondary N) is 2. The molecule has 0 heterocycles. The van der Waals surface area contributed by atoms with Crippen molar-refractivity contribution in [3.05, 3.63) is 24.3 Å². The fourth-order valence-electron chi connectivity index (χ4n) is 1.82. The monoisotopic (exact) mass is 331 g/mol. The zero-order valence-corrected chi connectivity index (χ0v) is 14.0. The van der Waals surface area contributed by atoms with E-state index in [9.17, 15) is 4.79 Å². The lowest BCUT2D eigenvalue weighted by Crippen LogP contribution is -2.35. The normalized spacial score (nSPS) is 11.8. The third-order valence-electron chi connectivity index (χ3n) is 3.19. The van der Waals surface area contributed by atoms with Crippen LogP contribution in [0.3, 0.4) is 0 Å². The lowest BCUT2D eigenvalue weighted by molar-refractivity contribution is 0.249. The third kappa shape index (κ3) is 6.44. The molecule has 1 atom stereocenters. The molecule has 0 bridgehead atoms. The number of amides is 2. The van der Waals surface area contributed by atoms with E-state index in [1.54, 1.807) is 0 Å². The summed E-state index contributed by atoms with van der Waals surface area (Å²) in [4.78, 5) is 13.9. The molecule has 0 aliphatic heterocycles. The predicted octanol–water partition coefficient (Wildman–Crippen LogP) is 3.89. The van der Waals surface area contributed by atoms with Gasteiger partial charge in [-0.25, -0.2) is 4.79 Å². The average Bonchev–Trinajstić information content (AvgIpc) is 2.47. The highest BCUT2D eigenvalue weighted by Gasteiger charge is 2.07. The Balaban J connectivity index is 2.62. The second-order valence-electron chi connectivity index (χ2n) is 4.82. The van der Waals surface area contributed by atoms with Gasteiger partial charge in [0.1, 0.15) is 0 Å². The summed E-state index contributed by atoms with van der Waals surface area (Å²) in [6, 6.07) is 7.64. The van der Waals surface area contributed by atoms with Gasteiger partial charge in [0.2, 0.25) is 0 Å². The maximum atomic E-state index is 11.7. The van der Waals surface area contributed by atoms with Crippen molar-refractivity contribution in [3.63, 3.8) is 0 Å². The minimum atomic E-state index is -0.185. The Labute approximate surface area is 136 Å². The number of carbonyl (C=O) groups is 1. The number of hydrogen-bond donors (Lipinski definition) is 2. The molecule has 0 aliphatic rings. The number of benzene rings is 1. The topological polar surface area (TPSA) is 44.4 Å². The van der Waals surface area contributed by atoms with Crippen molar-refractivity contribution in [2.45, 2.75) is 26.3 Å². The van der Waals surface area contributed by atoms with Gasteiger partial charge in [0.15, 0.2) is 0 Å². The highest BCUT2D eigenvalue weighted by atomic mass is 35.5. The second-order valence-corrected chi connectivity index (χ2v) is 5.58. The van der Waals surface area contributed by atoms with Crippen LogP contribution < -0.4 is 15.5 Å². The third-order valence-corrected chi connectivity index (χ3v) is 3.53. The Morgan fingerprint density at radius 1 is 1.19 bits per heavy atom. The summed E-state index contributed by atoms with van der Waals surface area (Å²) in [7, 11) is 0. The predicted molar refractivity (Wildman–Crippen MR) is 92.0 cm³/mol. The molecule has 0 radical (unpaired) electrons. The van der Waals surface area contributed by atoms with Crippen molar-refractivity contribution in [3.8, 4) is 0 Å². The molecule has 4 nitrogen and oxygen atoms in total. The second kappa shape index (κ2) is 9.74. The zero-order chi connectivity index (χ0) is 15.7. The van der Waals surface area contributed by atoms with Crippen molar-refractivity contribution < 1.29 is 4.79 Å². The molecule has 6 heteroatoms. The Kier molecular flexibility index (Phi) is 8.31. The fourth-order valence-corrected chi connectivity index (χ4v) is 2.23. The van der Waals surface area contributed by atoms with Crippen molar-refractivity contribution in [2.75, 3.05) is 35.1 Å². The first-order valence-corrected chi connectivity index (χ1v) is 8.22. The number of urea groups is 1. The minimum absolute atomic E-state index is 0.159. The van der Waals surface area contributed by atoms with Crippen LogP contribution in [0.4, 0.5) is 16.2 Å². The highest BCUT2D eigenvalue weighted by Crippen LogP contribution is 2.18. The number of carbonyl (C=O) groups excluding carboxylic acids is 1. The van der Waals surface area contributed by atoms with Gasteiger partial charge in [-0.15, -0.1) is 23.2 Å². The number of nitrogens with zero attached hydrogens (tertiary/aromatic N) is 1. The fraction of sp³-hybridized carbons (Fsp3) is 0.533. The molecule has 0 saturated heterocycles. The van der Waals surface area contributed by atoms with Gasteiger partial charge in [-0.05, 0) is 37.6 Å². The lowest BCUT2D eigenvalue weighted by Gasteiger charge is -2.23. The van der Waals surface area contributed by atoms with Gasteiger partial charge in [0.25, 0.3) is 0 Å². The first kappa shape index (κ1) is 17.9. The van der Waals surface area contributed by atoms with Crippen LogP contribution in [0.5, 0.6) is 0 Å². The molecule has 118 valence electrons. The minimum Gasteiger partial charge on any atom is -0.369 e. The number of hydrogen-bond acceptors (Lipinski definition) is 2. The summed E-state index contributed by atoms with van der Waals surface area (Å²) in [6.07, 6.45) is 0.901. The van der Waals surface area contributed by atoms with E-state index >= 15 is 0 Å². The molecule has 0 spiro atoms. The van der Waals surface area contributed by atoms with Gasteiger partial charge in [-0.1, -0.05) is 6.92 Å². The molecule has 0 aromatic heterocycles. The van der Waals surface area contributed by atoms with Gasteiger partial charge in [0.05, 0.1) is 0 Å². The van der Waals surface area contributed by atoms with Crippen molar-refractivity contribution in [1.82, 2.24) is 5.32 Å². The number of alkyl halides is 2. The van der Waals surface area contributed by atoms with Gasteiger partial charge >= 0.3 is 6.03 Å². The van der Waals surface area contributed by atoms with Crippen molar-refractivity contribution in [2.24, 2.45) is 0 Å². The first-order chi connectivity index (χ1) is 10.1. The van der Waals surface area contributed by atoms with Crippen LogP contribution in [0.15, 0.2) is 24.3 Å². The Bertz CT molecular complexity index is 419. The highest BCUT2D eigenvalue weighted by molar-refractivity contribution is 6.18. The molecular formula is C15H23Cl2N3O. The summed E-state index contributed by atoms with van der Waals surface area (Å²) in [5.74, 6) is 1.10. The van der Waals surface area contributed by atoms with Crippen LogP contribution in [0, 0.1) is 0 Å². The van der Waals surface area contributed by atoms with Crippen LogP contribution in [0.25, 0.3) is 0 Å². The molecule has 0 saturated carbocycles. The van der Waals surface area contributed by atoms with E-state index in [2.05, 4.69) is 15.5 Å². The lowest BCUT2D eigenvalue weighted by atomic mass is 10.2. The van der Waals surface area contributed by atoms with Gasteiger partial charge in [-0.2, -0.15) is 0 Å². The molecule has 0 aliphatic carbocycles. The first-order valence-electron chi connectivity index (χ1n) is 7.15. The van der Waals surface area contributed by atoms with Gasteiger partial charge < -0.3 is 15.5 Å². The summed E-state index contributed by atoms with van der Waals surface area (Å²) >= 11 is 11.6. The number of anilines is 2. The van der Waals surface area contributed by atoms with E-state index in [-0.39, 0.29) is 12.1 Å². The number of halogens is 2. The van der Waals surface area contributed by atoms with E-state index in [0.717, 1.165) is 30.9 Å². The van der Waals surface area contributed by atoms with Crippen molar-refractivity contribution >= 4 is 40.6 Å². The average molecular weight is 332 g/mol. The van der Waals surface area contributed by atoms with Crippen LogP contribution >= 0.6 is 23.2 Å². The van der Waals surface area contributed by atoms with E-state index < -0.39 is 0 Å². The van der Waals surface area contributed by atoms with Gasteiger partial charge in [-0.3, -0.25) is 0 Å². The Hall–Kier alpha value is -1.13. The molecular weight excluding hydrogens is 309 g/mol. The van der Waals surface area contributed by atoms with Crippen LogP contribution in [0.1, 0.15) is 20.3 Å². The SMILES string of the molecule is CCC(C)NC(=O)Nc1ccc(N(CCCl)CCCl)cc1. The summed E-state index contributed by atoms with van der Waals surface area (Å²) in [6.45, 7) is 5.49.